The van der Waals surface area contributed by atoms with Crippen molar-refractivity contribution in [2.24, 2.45) is 0 Å². The van der Waals surface area contributed by atoms with Crippen LogP contribution in [0.5, 0.6) is 0 Å². The van der Waals surface area contributed by atoms with Crippen LogP contribution in [0, 0.1) is 0 Å². The highest BCUT2D eigenvalue weighted by Gasteiger charge is 2.31. The monoisotopic (exact) mass is 278 g/mol. The first-order valence-electron chi connectivity index (χ1n) is 6.03. The molecule has 1 amide bonds. The third-order valence-corrected chi connectivity index (χ3v) is 3.96. The quantitative estimate of drug-likeness (QED) is 0.833. The number of carbonyl (C=O) groups excluding carboxylic acids is 1. The summed E-state index contributed by atoms with van der Waals surface area (Å²) in [6.07, 6.45) is 2.28. The first-order chi connectivity index (χ1) is 8.09. The van der Waals surface area contributed by atoms with Gasteiger partial charge in [-0.25, -0.2) is 13.2 Å². The fourth-order valence-corrected chi connectivity index (χ4v) is 3.15. The second-order valence-corrected chi connectivity index (χ2v) is 7.49. The highest BCUT2D eigenvalue weighted by Crippen LogP contribution is 2.19. The zero-order valence-corrected chi connectivity index (χ0v) is 12.2. The number of nitrogens with zero attached hydrogens (tertiary/aromatic N) is 1. The molecule has 0 saturated carbocycles. The summed E-state index contributed by atoms with van der Waals surface area (Å²) in [6, 6.07) is -0.160. The lowest BCUT2D eigenvalue weighted by atomic mass is 10.2. The maximum Gasteiger partial charge on any atom is 0.407 e. The van der Waals surface area contributed by atoms with E-state index in [0.717, 1.165) is 12.8 Å². The van der Waals surface area contributed by atoms with Crippen LogP contribution in [0.25, 0.3) is 0 Å². The lowest BCUT2D eigenvalue weighted by Gasteiger charge is -2.24. The average Bonchev–Trinajstić information content (AvgIpc) is 2.58. The lowest BCUT2D eigenvalue weighted by Crippen LogP contribution is -2.43. The van der Waals surface area contributed by atoms with Gasteiger partial charge in [-0.2, -0.15) is 4.31 Å². The van der Waals surface area contributed by atoms with E-state index in [0.29, 0.717) is 13.1 Å². The van der Waals surface area contributed by atoms with Crippen LogP contribution in [-0.4, -0.2) is 49.8 Å². The molecule has 106 valence electrons. The molecule has 7 heteroatoms. The van der Waals surface area contributed by atoms with Gasteiger partial charge in [-0.1, -0.05) is 0 Å². The van der Waals surface area contributed by atoms with Crippen LogP contribution >= 0.6 is 0 Å². The minimum Gasteiger partial charge on any atom is -0.444 e. The summed E-state index contributed by atoms with van der Waals surface area (Å²) >= 11 is 0. The molecule has 1 fully saturated rings. The van der Waals surface area contributed by atoms with E-state index in [-0.39, 0.29) is 6.04 Å². The van der Waals surface area contributed by atoms with Crippen LogP contribution in [-0.2, 0) is 14.8 Å². The number of ether oxygens (including phenoxy) is 1. The second kappa shape index (κ2) is 5.44. The van der Waals surface area contributed by atoms with Crippen molar-refractivity contribution < 1.29 is 17.9 Å². The van der Waals surface area contributed by atoms with Crippen molar-refractivity contribution >= 4 is 16.1 Å². The Bertz CT molecular complexity index is 400. The molecule has 0 bridgehead atoms. The van der Waals surface area contributed by atoms with Crippen molar-refractivity contribution in [1.82, 2.24) is 9.62 Å². The summed E-state index contributed by atoms with van der Waals surface area (Å²) in [7, 11) is -3.19. The van der Waals surface area contributed by atoms with Gasteiger partial charge >= 0.3 is 6.09 Å². The van der Waals surface area contributed by atoms with Crippen LogP contribution in [0.1, 0.15) is 33.6 Å². The fourth-order valence-electron chi connectivity index (χ4n) is 1.97. The lowest BCUT2D eigenvalue weighted by molar-refractivity contribution is 0.0519. The van der Waals surface area contributed by atoms with Gasteiger partial charge in [0.15, 0.2) is 0 Å². The Hall–Kier alpha value is -0.820. The van der Waals surface area contributed by atoms with Crippen molar-refractivity contribution in [1.29, 1.82) is 0 Å². The highest BCUT2D eigenvalue weighted by atomic mass is 32.2. The fraction of sp³-hybridized carbons (Fsp3) is 0.909. The molecule has 0 aromatic heterocycles. The number of alkyl carbamates (subject to hydrolysis) is 1. The van der Waals surface area contributed by atoms with Crippen molar-refractivity contribution in [3.05, 3.63) is 0 Å². The summed E-state index contributed by atoms with van der Waals surface area (Å²) in [5.41, 5.74) is -0.545. The normalized spacial score (nSPS) is 21.9. The molecule has 0 unspecified atom stereocenters. The van der Waals surface area contributed by atoms with Gasteiger partial charge in [0, 0.05) is 19.1 Å². The van der Waals surface area contributed by atoms with Gasteiger partial charge in [0.2, 0.25) is 10.0 Å². The van der Waals surface area contributed by atoms with E-state index in [9.17, 15) is 13.2 Å². The molecule has 1 atom stereocenters. The molecule has 1 aliphatic rings. The molecule has 1 aliphatic heterocycles. The van der Waals surface area contributed by atoms with Crippen molar-refractivity contribution in [2.45, 2.75) is 45.3 Å². The van der Waals surface area contributed by atoms with Crippen LogP contribution in [0.2, 0.25) is 0 Å². The second-order valence-electron chi connectivity index (χ2n) is 5.55. The Balaban J connectivity index is 2.46. The summed E-state index contributed by atoms with van der Waals surface area (Å²) < 4.78 is 29.5. The molecule has 0 aliphatic carbocycles. The van der Waals surface area contributed by atoms with Crippen LogP contribution < -0.4 is 5.32 Å². The number of hydrogen-bond donors (Lipinski definition) is 1. The molecule has 0 aromatic carbocycles. The van der Waals surface area contributed by atoms with E-state index in [1.165, 1.54) is 10.6 Å². The van der Waals surface area contributed by atoms with Gasteiger partial charge in [-0.15, -0.1) is 0 Å². The van der Waals surface area contributed by atoms with Crippen LogP contribution in [0.15, 0.2) is 0 Å². The Labute approximate surface area is 109 Å². The average molecular weight is 278 g/mol. The molecule has 1 heterocycles. The first-order valence-corrected chi connectivity index (χ1v) is 7.88. The van der Waals surface area contributed by atoms with Gasteiger partial charge in [-0.3, -0.25) is 0 Å². The molecule has 1 rings (SSSR count). The Morgan fingerprint density at radius 2 is 2.06 bits per heavy atom. The number of amides is 1. The number of sulfonamides is 1. The molecule has 18 heavy (non-hydrogen) atoms. The largest absolute Gasteiger partial charge is 0.444 e. The van der Waals surface area contributed by atoms with Gasteiger partial charge in [0.05, 0.1) is 6.26 Å². The highest BCUT2D eigenvalue weighted by molar-refractivity contribution is 7.88. The molecular formula is C11H22N2O4S. The van der Waals surface area contributed by atoms with Gasteiger partial charge < -0.3 is 10.1 Å². The maximum atomic E-state index is 11.5. The van der Waals surface area contributed by atoms with E-state index in [2.05, 4.69) is 5.32 Å². The van der Waals surface area contributed by atoms with Gasteiger partial charge in [0.25, 0.3) is 0 Å². The number of nitrogens with one attached hydrogen (secondary N) is 1. The minimum absolute atomic E-state index is 0.160. The maximum absolute atomic E-state index is 11.5. The SMILES string of the molecule is CC(C)(C)OC(=O)NC[C@H]1CCCN1S(C)(=O)=O. The van der Waals surface area contributed by atoms with Gasteiger partial charge in [0.1, 0.15) is 5.60 Å². The van der Waals surface area contributed by atoms with Crippen molar-refractivity contribution in [3.63, 3.8) is 0 Å². The third-order valence-electron chi connectivity index (χ3n) is 2.63. The first kappa shape index (κ1) is 15.2. The van der Waals surface area contributed by atoms with E-state index in [1.807, 2.05) is 0 Å². The van der Waals surface area contributed by atoms with E-state index in [1.54, 1.807) is 20.8 Å². The van der Waals surface area contributed by atoms with Crippen LogP contribution in [0.3, 0.4) is 0 Å². The topological polar surface area (TPSA) is 75.7 Å². The molecule has 1 N–H and O–H groups in total. The van der Waals surface area contributed by atoms with Gasteiger partial charge in [-0.05, 0) is 33.6 Å². The Morgan fingerprint density at radius 3 is 2.56 bits per heavy atom. The van der Waals surface area contributed by atoms with E-state index in [4.69, 9.17) is 4.74 Å². The predicted octanol–water partition coefficient (Wildman–Crippen LogP) is 0.935. The molecule has 6 nitrogen and oxygen atoms in total. The predicted molar refractivity (Wildman–Crippen MR) is 68.8 cm³/mol. The van der Waals surface area contributed by atoms with E-state index >= 15 is 0 Å². The molecular weight excluding hydrogens is 256 g/mol. The summed E-state index contributed by atoms with van der Waals surface area (Å²) in [5, 5.41) is 2.62. The Kier molecular flexibility index (Phi) is 4.61. The molecule has 0 radical (unpaired) electrons. The Morgan fingerprint density at radius 1 is 1.44 bits per heavy atom. The summed E-state index contributed by atoms with van der Waals surface area (Å²) in [4.78, 5) is 11.5. The summed E-state index contributed by atoms with van der Waals surface area (Å²) in [6.45, 7) is 6.17. The zero-order chi connectivity index (χ0) is 14.0. The van der Waals surface area contributed by atoms with Crippen LogP contribution in [0.4, 0.5) is 4.79 Å². The van der Waals surface area contributed by atoms with Crippen molar-refractivity contribution in [3.8, 4) is 0 Å². The number of rotatable bonds is 3. The standard InChI is InChI=1S/C11H22N2O4S/c1-11(2,3)17-10(14)12-8-9-6-5-7-13(9)18(4,15)16/h9H,5-8H2,1-4H3,(H,12,14)/t9-/m1/s1. The minimum atomic E-state index is -3.19. The third kappa shape index (κ3) is 4.81. The number of hydrogen-bond acceptors (Lipinski definition) is 4. The zero-order valence-electron chi connectivity index (χ0n) is 11.4. The van der Waals surface area contributed by atoms with Crippen molar-refractivity contribution in [2.75, 3.05) is 19.3 Å². The molecule has 1 saturated heterocycles. The number of carbonyl (C=O) groups is 1. The molecule has 0 aromatic rings. The smallest absolute Gasteiger partial charge is 0.407 e. The molecule has 0 spiro atoms. The summed E-state index contributed by atoms with van der Waals surface area (Å²) in [5.74, 6) is 0. The van der Waals surface area contributed by atoms with E-state index < -0.39 is 21.7 Å².